The fraction of sp³-hybridized carbons (Fsp3) is 0.423. The van der Waals surface area contributed by atoms with Crippen LogP contribution in [0.3, 0.4) is 0 Å². The summed E-state index contributed by atoms with van der Waals surface area (Å²) < 4.78 is 23.0. The highest BCUT2D eigenvalue weighted by Crippen LogP contribution is 2.38. The fourth-order valence-electron chi connectivity index (χ4n) is 4.98. The van der Waals surface area contributed by atoms with Gasteiger partial charge in [0.15, 0.2) is 0 Å². The molecule has 2 aliphatic rings. The molecule has 0 aliphatic carbocycles. The Morgan fingerprint density at radius 2 is 1.81 bits per heavy atom. The second kappa shape index (κ2) is 11.5. The van der Waals surface area contributed by atoms with Crippen LogP contribution in [0.2, 0.25) is 0 Å². The topological polar surface area (TPSA) is 103 Å². The number of aryl methyl sites for hydroxylation is 1. The van der Waals surface area contributed by atoms with Gasteiger partial charge in [0.25, 0.3) is 0 Å². The Morgan fingerprint density at radius 1 is 0.973 bits per heavy atom. The number of carbonyl (C=O) groups is 1. The van der Waals surface area contributed by atoms with E-state index in [2.05, 4.69) is 44.0 Å². The van der Waals surface area contributed by atoms with E-state index in [1.54, 1.807) is 17.4 Å². The number of unbranched alkanes of at least 4 members (excludes halogenated alkanes) is 1. The van der Waals surface area contributed by atoms with Gasteiger partial charge in [0, 0.05) is 54.4 Å². The molecule has 0 spiro atoms. The molecule has 1 aromatic heterocycles. The first-order chi connectivity index (χ1) is 17.9. The van der Waals surface area contributed by atoms with Gasteiger partial charge in [-0.15, -0.1) is 11.3 Å². The molecule has 3 heterocycles. The number of phosphoric acid groups is 1. The lowest BCUT2D eigenvalue weighted by atomic mass is 10.0. The van der Waals surface area contributed by atoms with Crippen molar-refractivity contribution in [2.75, 3.05) is 55.9 Å². The Morgan fingerprint density at radius 3 is 2.62 bits per heavy atom. The third-order valence-corrected chi connectivity index (χ3v) is 8.27. The summed E-state index contributed by atoms with van der Waals surface area (Å²) in [5.74, 6) is 0.399. The first-order valence-electron chi connectivity index (χ1n) is 12.6. The van der Waals surface area contributed by atoms with Crippen LogP contribution in [0.5, 0.6) is 5.75 Å². The number of phosphoric ester groups is 1. The maximum absolute atomic E-state index is 12.3. The molecule has 1 fully saturated rings. The maximum Gasteiger partial charge on any atom is 0.471 e. The SMILES string of the molecule is O=C1CCc2ccc(OCCCCN3CCN(c4cccc5sccc45)CC3)cc2N1COP(=O)(O)O. The predicted octanol–water partition coefficient (Wildman–Crippen LogP) is 4.23. The molecule has 37 heavy (non-hydrogen) atoms. The molecule has 5 rings (SSSR count). The first kappa shape index (κ1) is 26.2. The van der Waals surface area contributed by atoms with E-state index in [0.717, 1.165) is 51.1 Å². The van der Waals surface area contributed by atoms with Crippen LogP contribution in [0.25, 0.3) is 10.1 Å². The van der Waals surface area contributed by atoms with Crippen LogP contribution in [0.1, 0.15) is 24.8 Å². The number of rotatable bonds is 10. The van der Waals surface area contributed by atoms with Crippen molar-refractivity contribution in [2.24, 2.45) is 0 Å². The number of anilines is 2. The van der Waals surface area contributed by atoms with Crippen LogP contribution >= 0.6 is 19.2 Å². The molecule has 11 heteroatoms. The predicted molar refractivity (Wildman–Crippen MR) is 145 cm³/mol. The number of carbonyl (C=O) groups excluding carboxylic acids is 1. The van der Waals surface area contributed by atoms with Gasteiger partial charge in [-0.2, -0.15) is 0 Å². The number of ether oxygens (including phenoxy) is 1. The fourth-order valence-corrected chi connectivity index (χ4v) is 6.05. The lowest BCUT2D eigenvalue weighted by Crippen LogP contribution is -2.46. The third kappa shape index (κ3) is 6.52. The van der Waals surface area contributed by atoms with E-state index in [-0.39, 0.29) is 12.3 Å². The lowest BCUT2D eigenvalue weighted by Gasteiger charge is -2.36. The van der Waals surface area contributed by atoms with Crippen LogP contribution in [0, 0.1) is 0 Å². The van der Waals surface area contributed by atoms with E-state index in [1.807, 2.05) is 12.1 Å². The minimum atomic E-state index is -4.68. The highest BCUT2D eigenvalue weighted by atomic mass is 32.1. The van der Waals surface area contributed by atoms with Gasteiger partial charge in [0.05, 0.1) is 12.3 Å². The number of benzene rings is 2. The minimum Gasteiger partial charge on any atom is -0.494 e. The zero-order valence-corrected chi connectivity index (χ0v) is 22.3. The Labute approximate surface area is 220 Å². The van der Waals surface area contributed by atoms with Gasteiger partial charge in [-0.3, -0.25) is 19.1 Å². The van der Waals surface area contributed by atoms with Gasteiger partial charge in [-0.05, 0) is 61.0 Å². The Balaban J connectivity index is 1.06. The molecular formula is C26H32N3O6PS. The van der Waals surface area contributed by atoms with Crippen molar-refractivity contribution in [1.82, 2.24) is 4.90 Å². The van der Waals surface area contributed by atoms with Crippen molar-refractivity contribution in [3.05, 3.63) is 53.4 Å². The summed E-state index contributed by atoms with van der Waals surface area (Å²) in [5, 5.41) is 3.51. The van der Waals surface area contributed by atoms with Gasteiger partial charge in [-0.25, -0.2) is 4.57 Å². The summed E-state index contributed by atoms with van der Waals surface area (Å²) in [6, 6.07) is 14.3. The zero-order chi connectivity index (χ0) is 25.8. The van der Waals surface area contributed by atoms with Crippen LogP contribution in [0.4, 0.5) is 11.4 Å². The average molecular weight is 546 g/mol. The molecule has 2 N–H and O–H groups in total. The summed E-state index contributed by atoms with van der Waals surface area (Å²) in [5.41, 5.74) is 2.85. The second-order valence-electron chi connectivity index (χ2n) is 9.35. The number of amides is 1. The van der Waals surface area contributed by atoms with E-state index in [4.69, 9.17) is 14.5 Å². The summed E-state index contributed by atoms with van der Waals surface area (Å²) in [6.45, 7) is 5.26. The van der Waals surface area contributed by atoms with Crippen molar-refractivity contribution in [3.63, 3.8) is 0 Å². The standard InChI is InChI=1S/C26H32N3O6PS/c30-26-9-7-20-6-8-21(18-24(20)29(26)19-35-36(31,32)33)34-16-2-1-11-27-12-14-28(15-13-27)23-4-3-5-25-22(23)10-17-37-25/h3-6,8,10,17-18H,1-2,7,9,11-16,19H2,(H2,31,32,33). The van der Waals surface area contributed by atoms with E-state index >= 15 is 0 Å². The molecule has 1 amide bonds. The molecule has 1 saturated heterocycles. The number of nitrogens with zero attached hydrogens (tertiary/aromatic N) is 3. The van der Waals surface area contributed by atoms with Crippen LogP contribution in [0.15, 0.2) is 47.8 Å². The molecule has 0 radical (unpaired) electrons. The van der Waals surface area contributed by atoms with Crippen molar-refractivity contribution in [2.45, 2.75) is 25.7 Å². The third-order valence-electron chi connectivity index (χ3n) is 6.94. The van der Waals surface area contributed by atoms with Crippen LogP contribution in [-0.4, -0.2) is 66.7 Å². The Kier molecular flexibility index (Phi) is 8.14. The number of fused-ring (bicyclic) bond motifs is 2. The van der Waals surface area contributed by atoms with Gasteiger partial charge >= 0.3 is 7.82 Å². The first-order valence-corrected chi connectivity index (χ1v) is 15.0. The number of hydrogen-bond acceptors (Lipinski definition) is 7. The number of piperazine rings is 1. The van der Waals surface area contributed by atoms with E-state index in [9.17, 15) is 9.36 Å². The smallest absolute Gasteiger partial charge is 0.471 e. The molecule has 198 valence electrons. The Bertz CT molecular complexity index is 1290. The van der Waals surface area contributed by atoms with Gasteiger partial charge in [0.2, 0.25) is 5.91 Å². The quantitative estimate of drug-likeness (QED) is 0.288. The molecular weight excluding hydrogens is 513 g/mol. The highest BCUT2D eigenvalue weighted by Gasteiger charge is 2.27. The second-order valence-corrected chi connectivity index (χ2v) is 11.5. The van der Waals surface area contributed by atoms with E-state index in [0.29, 0.717) is 24.5 Å². The van der Waals surface area contributed by atoms with Crippen molar-refractivity contribution < 1.29 is 28.4 Å². The monoisotopic (exact) mass is 545 g/mol. The van der Waals surface area contributed by atoms with Crippen LogP contribution in [-0.2, 0) is 20.3 Å². The van der Waals surface area contributed by atoms with Crippen molar-refractivity contribution >= 4 is 46.5 Å². The molecule has 9 nitrogen and oxygen atoms in total. The average Bonchev–Trinajstić information content (AvgIpc) is 3.37. The molecule has 2 aromatic carbocycles. The highest BCUT2D eigenvalue weighted by molar-refractivity contribution is 7.46. The molecule has 0 bridgehead atoms. The lowest BCUT2D eigenvalue weighted by molar-refractivity contribution is -0.119. The number of thiophene rings is 1. The minimum absolute atomic E-state index is 0.231. The molecule has 0 saturated carbocycles. The molecule has 0 unspecified atom stereocenters. The Hall–Kier alpha value is -2.46. The summed E-state index contributed by atoms with van der Waals surface area (Å²) >= 11 is 1.79. The zero-order valence-electron chi connectivity index (χ0n) is 20.6. The van der Waals surface area contributed by atoms with Gasteiger partial charge in [0.1, 0.15) is 12.5 Å². The summed E-state index contributed by atoms with van der Waals surface area (Å²) in [6.07, 6.45) is 2.80. The molecule has 3 aromatic rings. The molecule has 2 aliphatic heterocycles. The van der Waals surface area contributed by atoms with Crippen molar-refractivity contribution in [3.8, 4) is 5.75 Å². The van der Waals surface area contributed by atoms with Crippen molar-refractivity contribution in [1.29, 1.82) is 0 Å². The number of hydrogen-bond donors (Lipinski definition) is 2. The van der Waals surface area contributed by atoms with Crippen LogP contribution < -0.4 is 14.5 Å². The van der Waals surface area contributed by atoms with Gasteiger partial charge in [-0.1, -0.05) is 12.1 Å². The van der Waals surface area contributed by atoms with Gasteiger partial charge < -0.3 is 19.4 Å². The van der Waals surface area contributed by atoms with E-state index < -0.39 is 14.6 Å². The summed E-state index contributed by atoms with van der Waals surface area (Å²) in [7, 11) is -4.68. The van der Waals surface area contributed by atoms with E-state index in [1.165, 1.54) is 20.7 Å². The summed E-state index contributed by atoms with van der Waals surface area (Å²) in [4.78, 5) is 36.6. The maximum atomic E-state index is 12.3. The normalized spacial score (nSPS) is 16.9. The largest absolute Gasteiger partial charge is 0.494 e. The molecule has 0 atom stereocenters.